The summed E-state index contributed by atoms with van der Waals surface area (Å²) in [5.41, 5.74) is 0.792. The maximum atomic E-state index is 12.9. The van der Waals surface area contributed by atoms with Crippen molar-refractivity contribution in [2.24, 2.45) is 0 Å². The molecule has 0 aromatic heterocycles. The van der Waals surface area contributed by atoms with Gasteiger partial charge in [-0.3, -0.25) is 4.79 Å². The van der Waals surface area contributed by atoms with Crippen molar-refractivity contribution in [3.8, 4) is 0 Å². The highest BCUT2D eigenvalue weighted by atomic mass is 19.1. The topological polar surface area (TPSA) is 40.5 Å². The summed E-state index contributed by atoms with van der Waals surface area (Å²) in [7, 11) is 0. The first-order chi connectivity index (χ1) is 8.16. The summed E-state index contributed by atoms with van der Waals surface area (Å²) in [4.78, 5) is 12.8. The molecule has 0 atom stereocenters. The first-order valence-electron chi connectivity index (χ1n) is 5.91. The molecular formula is C13H16FNO2. The molecule has 1 aromatic carbocycles. The number of carbonyl (C=O) groups is 1. The molecular weight excluding hydrogens is 221 g/mol. The van der Waals surface area contributed by atoms with E-state index in [9.17, 15) is 9.18 Å². The molecule has 92 valence electrons. The van der Waals surface area contributed by atoms with E-state index in [1.165, 1.54) is 12.1 Å². The lowest BCUT2D eigenvalue weighted by Crippen LogP contribution is -2.37. The van der Waals surface area contributed by atoms with Crippen LogP contribution in [0.5, 0.6) is 0 Å². The number of aliphatic carboxylic acids is 1. The maximum absolute atomic E-state index is 12.9. The Kier molecular flexibility index (Phi) is 3.61. The average molecular weight is 237 g/mol. The van der Waals surface area contributed by atoms with E-state index >= 15 is 0 Å². The summed E-state index contributed by atoms with van der Waals surface area (Å²) in [5, 5.41) is 8.94. The molecule has 2 rings (SSSR count). The van der Waals surface area contributed by atoms with E-state index in [1.54, 1.807) is 12.1 Å². The second-order valence-corrected chi connectivity index (χ2v) is 4.44. The van der Waals surface area contributed by atoms with Crippen LogP contribution in [0.25, 0.3) is 0 Å². The van der Waals surface area contributed by atoms with Gasteiger partial charge in [0.15, 0.2) is 0 Å². The van der Waals surface area contributed by atoms with Gasteiger partial charge in [-0.15, -0.1) is 0 Å². The smallest absolute Gasteiger partial charge is 0.323 e. The third-order valence-electron chi connectivity index (χ3n) is 3.23. The van der Waals surface area contributed by atoms with Gasteiger partial charge in [-0.25, -0.2) is 4.39 Å². The van der Waals surface area contributed by atoms with Crippen LogP contribution < -0.4 is 4.90 Å². The van der Waals surface area contributed by atoms with Crippen LogP contribution in [0.15, 0.2) is 24.3 Å². The highest BCUT2D eigenvalue weighted by Gasteiger charge is 2.24. The number of halogens is 1. The van der Waals surface area contributed by atoms with Crippen molar-refractivity contribution in [3.05, 3.63) is 30.1 Å². The predicted octanol–water partition coefficient (Wildman–Crippen LogP) is 2.66. The molecule has 0 amide bonds. The maximum Gasteiger partial charge on any atom is 0.323 e. The molecule has 0 saturated heterocycles. The fourth-order valence-corrected chi connectivity index (χ4v) is 2.43. The summed E-state index contributed by atoms with van der Waals surface area (Å²) < 4.78 is 12.9. The van der Waals surface area contributed by atoms with Crippen molar-refractivity contribution < 1.29 is 14.3 Å². The van der Waals surface area contributed by atoms with E-state index in [1.807, 2.05) is 4.90 Å². The normalized spacial score (nSPS) is 16.1. The van der Waals surface area contributed by atoms with Crippen LogP contribution >= 0.6 is 0 Å². The third kappa shape index (κ3) is 2.96. The summed E-state index contributed by atoms with van der Waals surface area (Å²) >= 11 is 0. The lowest BCUT2D eigenvalue weighted by molar-refractivity contribution is -0.135. The minimum absolute atomic E-state index is 0.0176. The zero-order valence-electron chi connectivity index (χ0n) is 9.60. The highest BCUT2D eigenvalue weighted by molar-refractivity contribution is 5.74. The first kappa shape index (κ1) is 11.9. The third-order valence-corrected chi connectivity index (χ3v) is 3.23. The van der Waals surface area contributed by atoms with Gasteiger partial charge in [0.2, 0.25) is 0 Å². The summed E-state index contributed by atoms with van der Waals surface area (Å²) in [6.45, 7) is -0.0176. The quantitative estimate of drug-likeness (QED) is 0.875. The van der Waals surface area contributed by atoms with Crippen LogP contribution in [0.4, 0.5) is 10.1 Å². The summed E-state index contributed by atoms with van der Waals surface area (Å²) in [6, 6.07) is 6.32. The summed E-state index contributed by atoms with van der Waals surface area (Å²) in [6.07, 6.45) is 4.32. The SMILES string of the molecule is O=C(O)CN(c1ccc(F)cc1)C1CCCC1. The molecule has 1 saturated carbocycles. The minimum Gasteiger partial charge on any atom is -0.480 e. The Labute approximate surface area is 99.9 Å². The van der Waals surface area contributed by atoms with Crippen LogP contribution in [-0.4, -0.2) is 23.7 Å². The molecule has 0 spiro atoms. The van der Waals surface area contributed by atoms with E-state index < -0.39 is 5.97 Å². The van der Waals surface area contributed by atoms with E-state index in [0.717, 1.165) is 31.4 Å². The lowest BCUT2D eigenvalue weighted by atomic mass is 10.1. The van der Waals surface area contributed by atoms with Crippen LogP contribution in [0, 0.1) is 5.82 Å². The number of nitrogens with zero attached hydrogens (tertiary/aromatic N) is 1. The Balaban J connectivity index is 2.19. The van der Waals surface area contributed by atoms with Gasteiger partial charge >= 0.3 is 5.97 Å². The molecule has 0 bridgehead atoms. The van der Waals surface area contributed by atoms with Crippen molar-refractivity contribution in [1.29, 1.82) is 0 Å². The standard InChI is InChI=1S/C13H16FNO2/c14-10-5-7-12(8-6-10)15(9-13(16)17)11-3-1-2-4-11/h5-8,11H,1-4,9H2,(H,16,17). The van der Waals surface area contributed by atoms with E-state index in [4.69, 9.17) is 5.11 Å². The van der Waals surface area contributed by atoms with Crippen LogP contribution in [0.1, 0.15) is 25.7 Å². The summed E-state index contributed by atoms with van der Waals surface area (Å²) in [5.74, 6) is -1.14. The van der Waals surface area contributed by atoms with Crippen molar-refractivity contribution in [2.45, 2.75) is 31.7 Å². The van der Waals surface area contributed by atoms with Gasteiger partial charge in [-0.1, -0.05) is 12.8 Å². The van der Waals surface area contributed by atoms with Gasteiger partial charge in [0.05, 0.1) is 0 Å². The lowest BCUT2D eigenvalue weighted by Gasteiger charge is -2.29. The zero-order chi connectivity index (χ0) is 12.3. The Hall–Kier alpha value is -1.58. The minimum atomic E-state index is -0.846. The fourth-order valence-electron chi connectivity index (χ4n) is 2.43. The molecule has 1 fully saturated rings. The molecule has 4 heteroatoms. The number of anilines is 1. The molecule has 0 radical (unpaired) electrons. The largest absolute Gasteiger partial charge is 0.480 e. The van der Waals surface area contributed by atoms with Crippen LogP contribution in [0.3, 0.4) is 0 Å². The van der Waals surface area contributed by atoms with E-state index in [2.05, 4.69) is 0 Å². The van der Waals surface area contributed by atoms with Gasteiger partial charge in [0.25, 0.3) is 0 Å². The van der Waals surface area contributed by atoms with Crippen molar-refractivity contribution in [3.63, 3.8) is 0 Å². The molecule has 0 aliphatic heterocycles. The molecule has 0 unspecified atom stereocenters. The predicted molar refractivity (Wildman–Crippen MR) is 63.6 cm³/mol. The number of hydrogen-bond donors (Lipinski definition) is 1. The monoisotopic (exact) mass is 237 g/mol. The van der Waals surface area contributed by atoms with Gasteiger partial charge in [-0.2, -0.15) is 0 Å². The number of benzene rings is 1. The van der Waals surface area contributed by atoms with Crippen LogP contribution in [0.2, 0.25) is 0 Å². The number of rotatable bonds is 4. The van der Waals surface area contributed by atoms with Gasteiger partial charge in [0.1, 0.15) is 12.4 Å². The van der Waals surface area contributed by atoms with Gasteiger partial charge in [-0.05, 0) is 37.1 Å². The molecule has 0 heterocycles. The molecule has 1 aromatic rings. The Morgan fingerprint density at radius 3 is 2.41 bits per heavy atom. The molecule has 3 nitrogen and oxygen atoms in total. The zero-order valence-corrected chi connectivity index (χ0v) is 9.60. The van der Waals surface area contributed by atoms with Gasteiger partial charge in [0, 0.05) is 11.7 Å². The first-order valence-corrected chi connectivity index (χ1v) is 5.91. The second kappa shape index (κ2) is 5.17. The Morgan fingerprint density at radius 1 is 1.29 bits per heavy atom. The van der Waals surface area contributed by atoms with Crippen molar-refractivity contribution in [2.75, 3.05) is 11.4 Å². The van der Waals surface area contributed by atoms with Crippen LogP contribution in [-0.2, 0) is 4.79 Å². The molecule has 17 heavy (non-hydrogen) atoms. The fraction of sp³-hybridized carbons (Fsp3) is 0.462. The van der Waals surface area contributed by atoms with Crippen molar-refractivity contribution >= 4 is 11.7 Å². The Bertz CT molecular complexity index is 385. The number of carboxylic acids is 1. The Morgan fingerprint density at radius 2 is 1.88 bits per heavy atom. The second-order valence-electron chi connectivity index (χ2n) is 4.44. The van der Waals surface area contributed by atoms with Crippen molar-refractivity contribution in [1.82, 2.24) is 0 Å². The molecule has 1 N–H and O–H groups in total. The highest BCUT2D eigenvalue weighted by Crippen LogP contribution is 2.28. The number of carboxylic acid groups (broad SMARTS) is 1. The molecule has 1 aliphatic carbocycles. The number of hydrogen-bond acceptors (Lipinski definition) is 2. The average Bonchev–Trinajstić information content (AvgIpc) is 2.80. The van der Waals surface area contributed by atoms with E-state index in [-0.39, 0.29) is 18.4 Å². The van der Waals surface area contributed by atoms with E-state index in [0.29, 0.717) is 0 Å². The molecule has 1 aliphatic rings. The van der Waals surface area contributed by atoms with Gasteiger partial charge < -0.3 is 10.0 Å².